The van der Waals surface area contributed by atoms with Crippen LogP contribution in [0.4, 0.5) is 0 Å². The molecule has 45 heavy (non-hydrogen) atoms. The number of hydrogen-bond acceptors (Lipinski definition) is 6. The number of ether oxygens (including phenoxy) is 1. The molecule has 1 aliphatic rings. The van der Waals surface area contributed by atoms with Crippen LogP contribution in [0, 0.1) is 11.8 Å². The molecule has 2 aromatic carbocycles. The van der Waals surface area contributed by atoms with E-state index >= 15 is 0 Å². The molecule has 246 valence electrons. The van der Waals surface area contributed by atoms with Crippen LogP contribution in [0.25, 0.3) is 11.1 Å². The average molecular weight is 619 g/mol. The third kappa shape index (κ3) is 11.6. The minimum atomic E-state index is -0.540. The van der Waals surface area contributed by atoms with Crippen LogP contribution in [0.1, 0.15) is 115 Å². The third-order valence-corrected chi connectivity index (χ3v) is 9.07. The third-order valence-electron chi connectivity index (χ3n) is 9.07. The Hall–Kier alpha value is -3.15. The molecule has 1 aliphatic carbocycles. The Morgan fingerprint density at radius 2 is 1.49 bits per heavy atom. The Morgan fingerprint density at radius 3 is 2.11 bits per heavy atom. The number of unbranched alkanes of at least 4 members (excludes halogenated alkanes) is 3. The molecule has 0 spiro atoms. The molecule has 0 saturated heterocycles. The first-order valence-corrected chi connectivity index (χ1v) is 17.0. The van der Waals surface area contributed by atoms with Gasteiger partial charge in [0.1, 0.15) is 11.5 Å². The van der Waals surface area contributed by atoms with Gasteiger partial charge in [0.15, 0.2) is 0 Å². The van der Waals surface area contributed by atoms with Gasteiger partial charge in [-0.05, 0) is 128 Å². The van der Waals surface area contributed by atoms with Crippen LogP contribution in [-0.4, -0.2) is 44.7 Å². The zero-order valence-electron chi connectivity index (χ0n) is 27.5. The number of aliphatic hydroxyl groups is 3. The quantitative estimate of drug-likeness (QED) is 0.0440. The first kappa shape index (κ1) is 36.3. The second-order valence-corrected chi connectivity index (χ2v) is 12.3. The second-order valence-electron chi connectivity index (χ2n) is 12.3. The molecule has 6 nitrogen and oxygen atoms in total. The Bertz CT molecular complexity index is 1260. The molecular formula is C39H54O6. The lowest BCUT2D eigenvalue weighted by Gasteiger charge is -2.23. The molecule has 0 heterocycles. The Labute approximate surface area is 270 Å². The highest BCUT2D eigenvalue weighted by molar-refractivity contribution is 5.91. The van der Waals surface area contributed by atoms with E-state index in [4.69, 9.17) is 4.74 Å². The van der Waals surface area contributed by atoms with Crippen molar-refractivity contribution in [3.8, 4) is 11.5 Å². The summed E-state index contributed by atoms with van der Waals surface area (Å²) in [5.41, 5.74) is 7.82. The number of rotatable bonds is 18. The van der Waals surface area contributed by atoms with Crippen molar-refractivity contribution >= 4 is 17.1 Å². The standard InChI is InChI=1S/C39H54O6/c1-4-7-11-14-30(40)23-26-36-35(37(42)27-38(36)43)15-12-9-8-10-13-16-39(44)45-32-24-19-29(20-25-32)34(6-3)33(5-2)28-17-21-31(41)22-18-28/h8,12,17-22,24-25,30,35-38,40-43H,4-7,10-11,13-16,23,26-27H2,1-3H3/b34-33+/t9?,30?,35?,36-,37?,38?/m1/s1. The van der Waals surface area contributed by atoms with Crippen molar-refractivity contribution < 1.29 is 30.0 Å². The maximum atomic E-state index is 12.4. The van der Waals surface area contributed by atoms with E-state index in [0.717, 1.165) is 49.7 Å². The van der Waals surface area contributed by atoms with E-state index in [-0.39, 0.29) is 29.7 Å². The van der Waals surface area contributed by atoms with Crippen molar-refractivity contribution in [1.29, 1.82) is 0 Å². The zero-order chi connectivity index (χ0) is 32.6. The summed E-state index contributed by atoms with van der Waals surface area (Å²) in [5.74, 6) is 0.461. The van der Waals surface area contributed by atoms with Gasteiger partial charge in [-0.25, -0.2) is 0 Å². The van der Waals surface area contributed by atoms with Gasteiger partial charge in [0.05, 0.1) is 18.3 Å². The Balaban J connectivity index is 1.44. The van der Waals surface area contributed by atoms with E-state index in [2.05, 4.69) is 26.5 Å². The van der Waals surface area contributed by atoms with Gasteiger partial charge in [0.25, 0.3) is 0 Å². The number of carbonyl (C=O) groups excluding carboxylic acids is 1. The second kappa shape index (κ2) is 19.4. The fourth-order valence-electron chi connectivity index (χ4n) is 6.54. The number of carbonyl (C=O) groups is 1. The van der Waals surface area contributed by atoms with E-state index in [9.17, 15) is 25.2 Å². The maximum Gasteiger partial charge on any atom is 0.311 e. The molecule has 3 rings (SSSR count). The summed E-state index contributed by atoms with van der Waals surface area (Å²) in [6.07, 6.45) is 12.3. The number of aromatic hydroxyl groups is 1. The van der Waals surface area contributed by atoms with E-state index in [1.165, 1.54) is 11.1 Å². The van der Waals surface area contributed by atoms with Gasteiger partial charge in [-0.15, -0.1) is 5.73 Å². The van der Waals surface area contributed by atoms with Gasteiger partial charge in [0.2, 0.25) is 0 Å². The minimum Gasteiger partial charge on any atom is -0.508 e. The molecule has 0 bridgehead atoms. The molecule has 4 unspecified atom stereocenters. The fourth-order valence-corrected chi connectivity index (χ4v) is 6.54. The number of hydrogen-bond donors (Lipinski definition) is 4. The number of esters is 1. The molecule has 5 atom stereocenters. The molecule has 0 aromatic heterocycles. The Kier molecular flexibility index (Phi) is 15.6. The summed E-state index contributed by atoms with van der Waals surface area (Å²) >= 11 is 0. The van der Waals surface area contributed by atoms with E-state index < -0.39 is 12.2 Å². The molecular weight excluding hydrogens is 564 g/mol. The number of phenolic OH excluding ortho intramolecular Hbond substituents is 1. The lowest BCUT2D eigenvalue weighted by atomic mass is 9.86. The van der Waals surface area contributed by atoms with Gasteiger partial charge < -0.3 is 25.2 Å². The first-order valence-electron chi connectivity index (χ1n) is 17.0. The SMILES string of the molecule is CCCCCC(O)CC[C@H]1C(O)CC(O)C1CC=C=CCCCC(=O)Oc1ccc(/C(CC)=C(\CC)c2ccc(O)cc2)cc1. The lowest BCUT2D eigenvalue weighted by molar-refractivity contribution is -0.134. The van der Waals surface area contributed by atoms with Gasteiger partial charge in [-0.2, -0.15) is 0 Å². The predicted octanol–water partition coefficient (Wildman–Crippen LogP) is 8.38. The van der Waals surface area contributed by atoms with Crippen LogP contribution in [0.3, 0.4) is 0 Å². The largest absolute Gasteiger partial charge is 0.508 e. The van der Waals surface area contributed by atoms with Crippen LogP contribution in [-0.2, 0) is 4.79 Å². The fraction of sp³-hybridized carbons (Fsp3) is 0.538. The van der Waals surface area contributed by atoms with Crippen LogP contribution < -0.4 is 4.74 Å². The van der Waals surface area contributed by atoms with Crippen LogP contribution in [0.2, 0.25) is 0 Å². The lowest BCUT2D eigenvalue weighted by Crippen LogP contribution is -2.23. The van der Waals surface area contributed by atoms with Crippen molar-refractivity contribution in [2.75, 3.05) is 0 Å². The molecule has 2 aromatic rings. The number of benzene rings is 2. The molecule has 4 N–H and O–H groups in total. The number of allylic oxidation sites excluding steroid dienone is 3. The summed E-state index contributed by atoms with van der Waals surface area (Å²) in [7, 11) is 0. The summed E-state index contributed by atoms with van der Waals surface area (Å²) in [4.78, 5) is 12.4. The minimum absolute atomic E-state index is 0.0137. The van der Waals surface area contributed by atoms with E-state index in [0.29, 0.717) is 50.7 Å². The topological polar surface area (TPSA) is 107 Å². The maximum absolute atomic E-state index is 12.4. The smallest absolute Gasteiger partial charge is 0.311 e. The van der Waals surface area contributed by atoms with Gasteiger partial charge in [-0.1, -0.05) is 64.3 Å². The summed E-state index contributed by atoms with van der Waals surface area (Å²) in [6, 6.07) is 15.0. The highest BCUT2D eigenvalue weighted by Gasteiger charge is 2.40. The monoisotopic (exact) mass is 618 g/mol. The molecule has 0 amide bonds. The first-order chi connectivity index (χ1) is 21.8. The van der Waals surface area contributed by atoms with E-state index in [1.54, 1.807) is 12.1 Å². The molecule has 1 fully saturated rings. The summed E-state index contributed by atoms with van der Waals surface area (Å²) < 4.78 is 5.57. The van der Waals surface area contributed by atoms with Crippen LogP contribution in [0.15, 0.2) is 66.4 Å². The predicted molar refractivity (Wildman–Crippen MR) is 182 cm³/mol. The molecule has 1 saturated carbocycles. The number of phenols is 1. The van der Waals surface area contributed by atoms with Crippen LogP contribution >= 0.6 is 0 Å². The van der Waals surface area contributed by atoms with Crippen molar-refractivity contribution in [3.63, 3.8) is 0 Å². The average Bonchev–Trinajstić information content (AvgIpc) is 3.30. The van der Waals surface area contributed by atoms with Gasteiger partial charge >= 0.3 is 5.97 Å². The van der Waals surface area contributed by atoms with Crippen LogP contribution in [0.5, 0.6) is 11.5 Å². The van der Waals surface area contributed by atoms with Crippen molar-refractivity contribution in [1.82, 2.24) is 0 Å². The molecule has 0 aliphatic heterocycles. The molecule has 6 heteroatoms. The normalized spacial score (nSPS) is 20.7. The summed E-state index contributed by atoms with van der Waals surface area (Å²) in [6.45, 7) is 6.41. The van der Waals surface area contributed by atoms with Gasteiger partial charge in [-0.3, -0.25) is 4.79 Å². The zero-order valence-corrected chi connectivity index (χ0v) is 27.5. The highest BCUT2D eigenvalue weighted by Crippen LogP contribution is 2.38. The van der Waals surface area contributed by atoms with Crippen molar-refractivity contribution in [3.05, 3.63) is 77.5 Å². The van der Waals surface area contributed by atoms with Crippen molar-refractivity contribution in [2.45, 2.75) is 123 Å². The Morgan fingerprint density at radius 1 is 0.867 bits per heavy atom. The van der Waals surface area contributed by atoms with E-state index in [1.807, 2.05) is 48.6 Å². The van der Waals surface area contributed by atoms with Crippen molar-refractivity contribution in [2.24, 2.45) is 11.8 Å². The van der Waals surface area contributed by atoms with Gasteiger partial charge in [0, 0.05) is 6.42 Å². The summed E-state index contributed by atoms with van der Waals surface area (Å²) in [5, 5.41) is 40.9. The highest BCUT2D eigenvalue weighted by atomic mass is 16.5. The molecule has 0 radical (unpaired) electrons. The number of aliphatic hydroxyl groups excluding tert-OH is 3.